The van der Waals surface area contributed by atoms with Crippen LogP contribution in [0.1, 0.15) is 41.4 Å². The van der Waals surface area contributed by atoms with Gasteiger partial charge in [0.2, 0.25) is 0 Å². The number of carbonyl (C=O) groups is 2. The normalized spacial score (nSPS) is 13.0. The number of hydrogen-bond acceptors (Lipinski definition) is 4. The summed E-state index contributed by atoms with van der Waals surface area (Å²) >= 11 is 1.41. The standard InChI is InChI=1S/C21H22N2O3S/c1-5-26-20(25)15(4)23-17-8-6-7-14(3)18(17)27-21(23)22-19(24)16-11-9-13(2)10-12-16/h6-12,15H,5H2,1-4H3. The van der Waals surface area contributed by atoms with Gasteiger partial charge in [-0.3, -0.25) is 4.79 Å². The molecule has 0 fully saturated rings. The van der Waals surface area contributed by atoms with Crippen LogP contribution in [0.15, 0.2) is 47.5 Å². The first-order valence-electron chi connectivity index (χ1n) is 8.85. The number of esters is 1. The smallest absolute Gasteiger partial charge is 0.328 e. The molecule has 5 nitrogen and oxygen atoms in total. The molecule has 0 radical (unpaired) electrons. The van der Waals surface area contributed by atoms with E-state index in [1.54, 1.807) is 30.5 Å². The van der Waals surface area contributed by atoms with Crippen molar-refractivity contribution >= 4 is 33.4 Å². The third kappa shape index (κ3) is 3.85. The number of thiazole rings is 1. The lowest BCUT2D eigenvalue weighted by atomic mass is 10.1. The highest BCUT2D eigenvalue weighted by Crippen LogP contribution is 2.24. The second-order valence-electron chi connectivity index (χ2n) is 6.39. The minimum atomic E-state index is -0.579. The lowest BCUT2D eigenvalue weighted by Gasteiger charge is -2.13. The molecule has 1 unspecified atom stereocenters. The fraction of sp³-hybridized carbons (Fsp3) is 0.286. The zero-order valence-electron chi connectivity index (χ0n) is 15.9. The molecule has 1 aromatic heterocycles. The number of aromatic nitrogens is 1. The van der Waals surface area contributed by atoms with E-state index >= 15 is 0 Å². The van der Waals surface area contributed by atoms with Gasteiger partial charge in [0.25, 0.3) is 5.91 Å². The van der Waals surface area contributed by atoms with Gasteiger partial charge in [-0.15, -0.1) is 0 Å². The number of rotatable bonds is 4. The number of fused-ring (bicyclic) bond motifs is 1. The number of carbonyl (C=O) groups excluding carboxylic acids is 2. The van der Waals surface area contributed by atoms with Crippen molar-refractivity contribution in [1.82, 2.24) is 4.57 Å². The molecule has 140 valence electrons. The Kier molecular flexibility index (Phi) is 5.56. The Hall–Kier alpha value is -2.73. The van der Waals surface area contributed by atoms with Gasteiger partial charge in [-0.05, 0) is 51.5 Å². The summed E-state index contributed by atoms with van der Waals surface area (Å²) in [5.74, 6) is -0.674. The molecule has 0 spiro atoms. The van der Waals surface area contributed by atoms with Crippen LogP contribution in [0.2, 0.25) is 0 Å². The Balaban J connectivity index is 2.17. The summed E-state index contributed by atoms with van der Waals surface area (Å²) in [6, 6.07) is 12.6. The minimum Gasteiger partial charge on any atom is -0.464 e. The molecule has 1 heterocycles. The van der Waals surface area contributed by atoms with Crippen molar-refractivity contribution in [2.75, 3.05) is 6.61 Å². The van der Waals surface area contributed by atoms with E-state index in [0.29, 0.717) is 17.0 Å². The molecular weight excluding hydrogens is 360 g/mol. The van der Waals surface area contributed by atoms with Crippen molar-refractivity contribution < 1.29 is 14.3 Å². The van der Waals surface area contributed by atoms with E-state index in [0.717, 1.165) is 21.3 Å². The van der Waals surface area contributed by atoms with Crippen LogP contribution in [0.25, 0.3) is 10.2 Å². The molecule has 1 atom stereocenters. The Bertz CT molecular complexity index is 1060. The summed E-state index contributed by atoms with van der Waals surface area (Å²) in [7, 11) is 0. The molecule has 3 aromatic rings. The van der Waals surface area contributed by atoms with E-state index < -0.39 is 6.04 Å². The zero-order chi connectivity index (χ0) is 19.6. The van der Waals surface area contributed by atoms with Gasteiger partial charge in [0, 0.05) is 5.56 Å². The van der Waals surface area contributed by atoms with Gasteiger partial charge >= 0.3 is 5.97 Å². The molecule has 27 heavy (non-hydrogen) atoms. The highest BCUT2D eigenvalue weighted by atomic mass is 32.1. The van der Waals surface area contributed by atoms with Crippen LogP contribution in [0.3, 0.4) is 0 Å². The molecule has 0 aliphatic heterocycles. The average Bonchev–Trinajstić information content (AvgIpc) is 3.01. The SMILES string of the molecule is CCOC(=O)C(C)n1c(=NC(=O)c2ccc(C)cc2)sc2c(C)cccc21. The van der Waals surface area contributed by atoms with Crippen molar-refractivity contribution in [2.45, 2.75) is 33.7 Å². The van der Waals surface area contributed by atoms with E-state index in [4.69, 9.17) is 4.74 Å². The first kappa shape index (κ1) is 19.0. The third-order valence-electron chi connectivity index (χ3n) is 4.36. The summed E-state index contributed by atoms with van der Waals surface area (Å²) in [4.78, 5) is 29.8. The van der Waals surface area contributed by atoms with Crippen LogP contribution in [0, 0.1) is 13.8 Å². The summed E-state index contributed by atoms with van der Waals surface area (Å²) in [6.07, 6.45) is 0. The Morgan fingerprint density at radius 1 is 1.15 bits per heavy atom. The second kappa shape index (κ2) is 7.88. The first-order chi connectivity index (χ1) is 12.9. The zero-order valence-corrected chi connectivity index (χ0v) is 16.7. The van der Waals surface area contributed by atoms with Crippen molar-refractivity contribution in [3.05, 3.63) is 64.0 Å². The maximum Gasteiger partial charge on any atom is 0.328 e. The first-order valence-corrected chi connectivity index (χ1v) is 9.67. The Morgan fingerprint density at radius 2 is 1.85 bits per heavy atom. The van der Waals surface area contributed by atoms with Gasteiger partial charge in [-0.25, -0.2) is 4.79 Å². The number of hydrogen-bond donors (Lipinski definition) is 0. The van der Waals surface area contributed by atoms with E-state index in [2.05, 4.69) is 4.99 Å². The van der Waals surface area contributed by atoms with E-state index in [9.17, 15) is 9.59 Å². The van der Waals surface area contributed by atoms with Crippen molar-refractivity contribution in [3.8, 4) is 0 Å². The fourth-order valence-electron chi connectivity index (χ4n) is 2.87. The number of nitrogens with zero attached hydrogens (tertiary/aromatic N) is 2. The van der Waals surface area contributed by atoms with E-state index in [1.165, 1.54) is 11.3 Å². The molecule has 6 heteroatoms. The van der Waals surface area contributed by atoms with Crippen molar-refractivity contribution in [3.63, 3.8) is 0 Å². The number of benzene rings is 2. The van der Waals surface area contributed by atoms with Crippen LogP contribution in [0.4, 0.5) is 0 Å². The predicted octanol–water partition coefficient (Wildman–Crippen LogP) is 4.18. The molecule has 3 rings (SSSR count). The van der Waals surface area contributed by atoms with E-state index in [-0.39, 0.29) is 11.9 Å². The van der Waals surface area contributed by atoms with E-state index in [1.807, 2.05) is 44.2 Å². The predicted molar refractivity (Wildman–Crippen MR) is 107 cm³/mol. The van der Waals surface area contributed by atoms with Gasteiger partial charge < -0.3 is 9.30 Å². The van der Waals surface area contributed by atoms with Crippen LogP contribution < -0.4 is 4.80 Å². The van der Waals surface area contributed by atoms with Crippen LogP contribution >= 0.6 is 11.3 Å². The topological polar surface area (TPSA) is 60.7 Å². The summed E-state index contributed by atoms with van der Waals surface area (Å²) in [6.45, 7) is 7.82. The maximum atomic E-state index is 12.7. The summed E-state index contributed by atoms with van der Waals surface area (Å²) < 4.78 is 7.98. The molecule has 0 aliphatic carbocycles. The second-order valence-corrected chi connectivity index (χ2v) is 7.37. The van der Waals surface area contributed by atoms with Crippen molar-refractivity contribution in [1.29, 1.82) is 0 Å². The Morgan fingerprint density at radius 3 is 2.52 bits per heavy atom. The molecule has 0 aliphatic rings. The largest absolute Gasteiger partial charge is 0.464 e. The Labute approximate surface area is 161 Å². The van der Waals surface area contributed by atoms with Crippen LogP contribution in [0.5, 0.6) is 0 Å². The van der Waals surface area contributed by atoms with Gasteiger partial charge in [-0.1, -0.05) is 41.2 Å². The quantitative estimate of drug-likeness (QED) is 0.636. The molecule has 0 saturated heterocycles. The monoisotopic (exact) mass is 382 g/mol. The fourth-order valence-corrected chi connectivity index (χ4v) is 4.04. The molecule has 0 N–H and O–H groups in total. The highest BCUT2D eigenvalue weighted by Gasteiger charge is 2.21. The molecular formula is C21H22N2O3S. The number of aryl methyl sites for hydroxylation is 2. The number of ether oxygens (including phenoxy) is 1. The maximum absolute atomic E-state index is 12.7. The van der Waals surface area contributed by atoms with Gasteiger partial charge in [-0.2, -0.15) is 4.99 Å². The molecule has 1 amide bonds. The van der Waals surface area contributed by atoms with Gasteiger partial charge in [0.15, 0.2) is 4.80 Å². The van der Waals surface area contributed by atoms with Crippen molar-refractivity contribution in [2.24, 2.45) is 4.99 Å². The minimum absolute atomic E-state index is 0.305. The van der Waals surface area contributed by atoms with Crippen LogP contribution in [-0.4, -0.2) is 23.1 Å². The summed E-state index contributed by atoms with van der Waals surface area (Å²) in [5, 5.41) is 0. The lowest BCUT2D eigenvalue weighted by Crippen LogP contribution is -2.27. The molecule has 0 saturated carbocycles. The highest BCUT2D eigenvalue weighted by molar-refractivity contribution is 7.16. The average molecular weight is 382 g/mol. The van der Waals surface area contributed by atoms with Gasteiger partial charge in [0.05, 0.1) is 16.8 Å². The molecule has 0 bridgehead atoms. The van der Waals surface area contributed by atoms with Gasteiger partial charge in [0.1, 0.15) is 6.04 Å². The van der Waals surface area contributed by atoms with Crippen LogP contribution in [-0.2, 0) is 9.53 Å². The third-order valence-corrected chi connectivity index (χ3v) is 5.57. The lowest BCUT2D eigenvalue weighted by molar-refractivity contribution is -0.146. The number of amides is 1. The summed E-state index contributed by atoms with van der Waals surface area (Å²) in [5.41, 5.74) is 3.54. The molecule has 2 aromatic carbocycles.